The molecular formula is C14H18Cl2N2O. The molecule has 0 saturated heterocycles. The van der Waals surface area contributed by atoms with Crippen molar-refractivity contribution in [1.82, 2.24) is 9.55 Å². The third kappa shape index (κ3) is 3.41. The number of ether oxygens (including phenoxy) is 1. The van der Waals surface area contributed by atoms with Gasteiger partial charge in [-0.3, -0.25) is 0 Å². The van der Waals surface area contributed by atoms with Gasteiger partial charge in [-0.2, -0.15) is 0 Å². The first kappa shape index (κ1) is 14.6. The van der Waals surface area contributed by atoms with Crippen LogP contribution < -0.4 is 0 Å². The molecule has 0 aliphatic carbocycles. The van der Waals surface area contributed by atoms with E-state index in [0.29, 0.717) is 5.88 Å². The lowest BCUT2D eigenvalue weighted by Gasteiger charge is -2.09. The number of para-hydroxylation sites is 1. The van der Waals surface area contributed by atoms with Gasteiger partial charge in [0.25, 0.3) is 0 Å². The van der Waals surface area contributed by atoms with Gasteiger partial charge in [0.1, 0.15) is 5.82 Å². The van der Waals surface area contributed by atoms with Gasteiger partial charge in [0, 0.05) is 32.1 Å². The summed E-state index contributed by atoms with van der Waals surface area (Å²) in [5.74, 6) is 1.56. The van der Waals surface area contributed by atoms with Crippen LogP contribution in [0.1, 0.15) is 19.2 Å². The minimum atomic E-state index is 0.562. The summed E-state index contributed by atoms with van der Waals surface area (Å²) in [4.78, 5) is 4.62. The number of imidazole rings is 1. The van der Waals surface area contributed by atoms with Crippen molar-refractivity contribution >= 4 is 34.2 Å². The van der Waals surface area contributed by atoms with Crippen LogP contribution in [0, 0.1) is 0 Å². The molecule has 0 spiro atoms. The number of alkyl halides is 1. The maximum absolute atomic E-state index is 6.29. The number of benzene rings is 1. The predicted molar refractivity (Wildman–Crippen MR) is 80.3 cm³/mol. The maximum Gasteiger partial charge on any atom is 0.111 e. The highest BCUT2D eigenvalue weighted by Gasteiger charge is 2.12. The number of aromatic nitrogens is 2. The van der Waals surface area contributed by atoms with E-state index in [1.807, 2.05) is 25.1 Å². The molecule has 0 unspecified atom stereocenters. The molecule has 104 valence electrons. The van der Waals surface area contributed by atoms with E-state index in [-0.39, 0.29) is 0 Å². The minimum Gasteiger partial charge on any atom is -0.382 e. The van der Waals surface area contributed by atoms with Crippen LogP contribution in [-0.2, 0) is 17.7 Å². The van der Waals surface area contributed by atoms with Crippen LogP contribution in [-0.4, -0.2) is 28.6 Å². The van der Waals surface area contributed by atoms with Crippen molar-refractivity contribution in [2.24, 2.45) is 0 Å². The van der Waals surface area contributed by atoms with Crippen molar-refractivity contribution in [3.8, 4) is 0 Å². The van der Waals surface area contributed by atoms with Crippen molar-refractivity contribution in [3.63, 3.8) is 0 Å². The summed E-state index contributed by atoms with van der Waals surface area (Å²) < 4.78 is 7.55. The number of hydrogen-bond acceptors (Lipinski definition) is 2. The van der Waals surface area contributed by atoms with Crippen LogP contribution in [0.5, 0.6) is 0 Å². The van der Waals surface area contributed by atoms with E-state index in [4.69, 9.17) is 27.9 Å². The first-order valence-electron chi connectivity index (χ1n) is 6.55. The first-order valence-corrected chi connectivity index (χ1v) is 7.46. The molecule has 0 atom stereocenters. The maximum atomic E-state index is 6.29. The normalized spacial score (nSPS) is 11.3. The van der Waals surface area contributed by atoms with E-state index in [9.17, 15) is 0 Å². The Hall–Kier alpha value is -0.770. The van der Waals surface area contributed by atoms with Crippen molar-refractivity contribution in [1.29, 1.82) is 0 Å². The van der Waals surface area contributed by atoms with Gasteiger partial charge in [-0.1, -0.05) is 17.7 Å². The van der Waals surface area contributed by atoms with E-state index in [2.05, 4.69) is 9.55 Å². The molecule has 0 aliphatic heterocycles. The Bertz CT molecular complexity index is 539. The van der Waals surface area contributed by atoms with Crippen molar-refractivity contribution in [2.75, 3.05) is 19.1 Å². The van der Waals surface area contributed by atoms with Crippen LogP contribution in [0.4, 0.5) is 0 Å². The summed E-state index contributed by atoms with van der Waals surface area (Å²) in [5, 5.41) is 0.738. The van der Waals surface area contributed by atoms with Crippen molar-refractivity contribution in [3.05, 3.63) is 29.0 Å². The van der Waals surface area contributed by atoms with Crippen LogP contribution in [0.2, 0.25) is 5.02 Å². The summed E-state index contributed by atoms with van der Waals surface area (Å²) in [7, 11) is 0. The lowest BCUT2D eigenvalue weighted by atomic mass is 10.3. The summed E-state index contributed by atoms with van der Waals surface area (Å²) >= 11 is 12.1. The number of hydrogen-bond donors (Lipinski definition) is 0. The predicted octanol–water partition coefficient (Wildman–Crippen LogP) is 3.90. The first-order chi connectivity index (χ1) is 9.27. The monoisotopic (exact) mass is 300 g/mol. The quantitative estimate of drug-likeness (QED) is 0.573. The molecule has 0 fully saturated rings. The molecular weight excluding hydrogens is 283 g/mol. The smallest absolute Gasteiger partial charge is 0.111 e. The van der Waals surface area contributed by atoms with E-state index >= 15 is 0 Å². The summed E-state index contributed by atoms with van der Waals surface area (Å²) in [6.07, 6.45) is 1.70. The molecule has 0 bridgehead atoms. The van der Waals surface area contributed by atoms with Gasteiger partial charge in [0.15, 0.2) is 0 Å². The lowest BCUT2D eigenvalue weighted by molar-refractivity contribution is 0.141. The highest BCUT2D eigenvalue weighted by molar-refractivity contribution is 6.35. The summed E-state index contributed by atoms with van der Waals surface area (Å²) in [6.45, 7) is 4.36. The zero-order valence-electron chi connectivity index (χ0n) is 11.0. The number of nitrogens with zero attached hydrogens (tertiary/aromatic N) is 2. The zero-order chi connectivity index (χ0) is 13.7. The Kier molecular flexibility index (Phi) is 5.49. The molecule has 0 radical (unpaired) electrons. The SMILES string of the molecule is CCOCCCn1c(CCCl)nc2cccc(Cl)c21. The van der Waals surface area contributed by atoms with Crippen LogP contribution >= 0.6 is 23.2 Å². The molecule has 3 nitrogen and oxygen atoms in total. The van der Waals surface area contributed by atoms with Gasteiger partial charge in [-0.15, -0.1) is 11.6 Å². The number of halogens is 2. The highest BCUT2D eigenvalue weighted by atomic mass is 35.5. The fraction of sp³-hybridized carbons (Fsp3) is 0.500. The number of fused-ring (bicyclic) bond motifs is 1. The topological polar surface area (TPSA) is 27.1 Å². The standard InChI is InChI=1S/C14H18Cl2N2O/c1-2-19-10-4-9-18-13(7-8-15)17-12-6-3-5-11(16)14(12)18/h3,5-6H,2,4,7-10H2,1H3. The van der Waals surface area contributed by atoms with Gasteiger partial charge in [-0.25, -0.2) is 4.98 Å². The van der Waals surface area contributed by atoms with Crippen molar-refractivity contribution in [2.45, 2.75) is 26.3 Å². The molecule has 2 rings (SSSR count). The average Bonchev–Trinajstić information content (AvgIpc) is 2.74. The molecule has 0 aliphatic rings. The Labute approximate surface area is 123 Å². The Morgan fingerprint density at radius 3 is 2.95 bits per heavy atom. The zero-order valence-corrected chi connectivity index (χ0v) is 12.5. The van der Waals surface area contributed by atoms with E-state index in [0.717, 1.165) is 54.5 Å². The lowest BCUT2D eigenvalue weighted by Crippen LogP contribution is -2.07. The second kappa shape index (κ2) is 7.13. The third-order valence-corrected chi connectivity index (χ3v) is 3.48. The minimum absolute atomic E-state index is 0.562. The van der Waals surface area contributed by atoms with E-state index in [1.165, 1.54) is 0 Å². The molecule has 5 heteroatoms. The molecule has 1 heterocycles. The average molecular weight is 301 g/mol. The van der Waals surface area contributed by atoms with Gasteiger partial charge in [-0.05, 0) is 25.5 Å². The Morgan fingerprint density at radius 2 is 2.21 bits per heavy atom. The van der Waals surface area contributed by atoms with E-state index < -0.39 is 0 Å². The Balaban J connectivity index is 2.28. The molecule has 0 amide bonds. The van der Waals surface area contributed by atoms with Crippen LogP contribution in [0.15, 0.2) is 18.2 Å². The highest BCUT2D eigenvalue weighted by Crippen LogP contribution is 2.25. The fourth-order valence-electron chi connectivity index (χ4n) is 2.18. The van der Waals surface area contributed by atoms with Gasteiger partial charge >= 0.3 is 0 Å². The fourth-order valence-corrected chi connectivity index (χ4v) is 2.62. The van der Waals surface area contributed by atoms with E-state index in [1.54, 1.807) is 0 Å². The molecule has 1 aromatic heterocycles. The van der Waals surface area contributed by atoms with Crippen LogP contribution in [0.3, 0.4) is 0 Å². The molecule has 1 aromatic carbocycles. The van der Waals surface area contributed by atoms with Gasteiger partial charge in [0.05, 0.1) is 16.1 Å². The molecule has 2 aromatic rings. The van der Waals surface area contributed by atoms with Crippen molar-refractivity contribution < 1.29 is 4.74 Å². The molecule has 19 heavy (non-hydrogen) atoms. The number of rotatable bonds is 7. The molecule has 0 N–H and O–H groups in total. The van der Waals surface area contributed by atoms with Crippen LogP contribution in [0.25, 0.3) is 11.0 Å². The van der Waals surface area contributed by atoms with Gasteiger partial charge in [0.2, 0.25) is 0 Å². The number of aryl methyl sites for hydroxylation is 2. The van der Waals surface area contributed by atoms with Gasteiger partial charge < -0.3 is 9.30 Å². The third-order valence-electron chi connectivity index (χ3n) is 2.99. The second-order valence-electron chi connectivity index (χ2n) is 4.28. The summed E-state index contributed by atoms with van der Waals surface area (Å²) in [6, 6.07) is 5.81. The summed E-state index contributed by atoms with van der Waals surface area (Å²) in [5.41, 5.74) is 1.94. The molecule has 0 saturated carbocycles. The Morgan fingerprint density at radius 1 is 1.37 bits per heavy atom. The second-order valence-corrected chi connectivity index (χ2v) is 5.06. The largest absolute Gasteiger partial charge is 0.382 e.